The highest BCUT2D eigenvalue weighted by Crippen LogP contribution is 2.62. The van der Waals surface area contributed by atoms with Crippen molar-refractivity contribution in [2.45, 2.75) is 172 Å². The lowest BCUT2D eigenvalue weighted by molar-refractivity contribution is -0.256. The van der Waals surface area contributed by atoms with E-state index < -0.39 is 29.4 Å². The molecule has 1 amide bonds. The third-order valence-corrected chi connectivity index (χ3v) is 15.5. The van der Waals surface area contributed by atoms with Gasteiger partial charge in [0.05, 0.1) is 31.5 Å². The highest BCUT2D eigenvalue weighted by atomic mass is 32.2. The first-order valence-corrected chi connectivity index (χ1v) is 28.5. The minimum absolute atomic E-state index is 0.0615. The molecule has 0 aromatic heterocycles. The number of ether oxygens (including phenoxy) is 6. The van der Waals surface area contributed by atoms with Gasteiger partial charge in [-0.3, -0.25) is 4.90 Å². The molecule has 12 nitrogen and oxygen atoms in total. The first-order valence-electron chi connectivity index (χ1n) is 27.5. The predicted molar refractivity (Wildman–Crippen MR) is 290 cm³/mol. The molecule has 1 fully saturated rings. The Morgan fingerprint density at radius 2 is 1.56 bits per heavy atom. The molecule has 73 heavy (non-hydrogen) atoms. The Kier molecular flexibility index (Phi) is 21.7. The van der Waals surface area contributed by atoms with Crippen LogP contribution in [0.4, 0.5) is 4.79 Å². The molecule has 1 saturated carbocycles. The Hall–Kier alpha value is -4.69. The van der Waals surface area contributed by atoms with E-state index in [1.54, 1.807) is 22.7 Å². The van der Waals surface area contributed by atoms with Crippen LogP contribution in [0.3, 0.4) is 0 Å². The third kappa shape index (κ3) is 15.2. The molecule has 3 aromatic carbocycles. The van der Waals surface area contributed by atoms with Crippen molar-refractivity contribution in [2.75, 3.05) is 45.6 Å². The maximum absolute atomic E-state index is 15.2. The summed E-state index contributed by atoms with van der Waals surface area (Å²) in [5.41, 5.74) is 2.92. The minimum Gasteiger partial charge on any atom is -0.493 e. The molecule has 0 spiro atoms. The second kappa shape index (κ2) is 28.3. The van der Waals surface area contributed by atoms with Crippen molar-refractivity contribution in [3.05, 3.63) is 102 Å². The van der Waals surface area contributed by atoms with E-state index in [-0.39, 0.29) is 63.9 Å². The van der Waals surface area contributed by atoms with Gasteiger partial charge in [0.2, 0.25) is 12.6 Å². The maximum Gasteiger partial charge on any atom is 0.410 e. The predicted octanol–water partition coefficient (Wildman–Crippen LogP) is 13.6. The summed E-state index contributed by atoms with van der Waals surface area (Å²) >= 11 is 1.76. The van der Waals surface area contributed by atoms with Crippen LogP contribution < -0.4 is 18.9 Å². The zero-order valence-electron chi connectivity index (χ0n) is 44.2. The summed E-state index contributed by atoms with van der Waals surface area (Å²) in [5.74, 6) is 1.47. The number of unbranched alkanes of at least 4 members (excludes halogenated alkanes) is 11. The number of carbonyl (C=O) groups excluding carboxylic acids is 1. The van der Waals surface area contributed by atoms with Gasteiger partial charge >= 0.3 is 6.09 Å². The zero-order chi connectivity index (χ0) is 51.5. The number of thioether (sulfide) groups is 1. The maximum atomic E-state index is 15.2. The lowest BCUT2D eigenvalue weighted by Gasteiger charge is -2.60. The van der Waals surface area contributed by atoms with Gasteiger partial charge in [0.25, 0.3) is 0 Å². The quantitative estimate of drug-likeness (QED) is 0.0276. The Morgan fingerprint density at radius 3 is 2.29 bits per heavy atom. The zero-order valence-corrected chi connectivity index (χ0v) is 45.1. The molecule has 0 radical (unpaired) electrons. The van der Waals surface area contributed by atoms with Crippen LogP contribution in [0.5, 0.6) is 23.0 Å². The molecule has 0 unspecified atom stereocenters. The second-order valence-electron chi connectivity index (χ2n) is 21.1. The lowest BCUT2D eigenvalue weighted by Crippen LogP contribution is -2.70. The van der Waals surface area contributed by atoms with E-state index in [0.717, 1.165) is 78.9 Å². The first kappa shape index (κ1) is 56.0. The minimum atomic E-state index is -1.45. The van der Waals surface area contributed by atoms with Gasteiger partial charge in [-0.2, -0.15) is 0 Å². The molecule has 2 heterocycles. The molecule has 3 aromatic rings. The van der Waals surface area contributed by atoms with Crippen LogP contribution in [0.2, 0.25) is 0 Å². The largest absolute Gasteiger partial charge is 0.493 e. The van der Waals surface area contributed by atoms with Crippen LogP contribution in [0, 0.1) is 17.8 Å². The average molecular weight is 1030 g/mol. The average Bonchev–Trinajstić information content (AvgIpc) is 3.86. The van der Waals surface area contributed by atoms with Crippen molar-refractivity contribution in [3.8, 4) is 23.0 Å². The van der Waals surface area contributed by atoms with Crippen LogP contribution in [-0.2, 0) is 20.9 Å². The van der Waals surface area contributed by atoms with Crippen LogP contribution in [0.25, 0.3) is 0 Å². The number of aliphatic hydroxyl groups is 2. The molecule has 2 aliphatic heterocycles. The number of hydrogen-bond donors (Lipinski definition) is 2. The molecule has 0 saturated heterocycles. The van der Waals surface area contributed by atoms with E-state index in [1.807, 2.05) is 69.3 Å². The van der Waals surface area contributed by atoms with E-state index in [4.69, 9.17) is 38.4 Å². The fraction of sp³-hybridized carbons (Fsp3) is 0.600. The van der Waals surface area contributed by atoms with Crippen molar-refractivity contribution in [1.82, 2.24) is 4.90 Å². The van der Waals surface area contributed by atoms with Crippen molar-refractivity contribution in [1.29, 1.82) is 0 Å². The number of fused-ring (bicyclic) bond motifs is 3. The molecular weight excluding hydrogens is 941 g/mol. The Labute approximate surface area is 440 Å². The van der Waals surface area contributed by atoms with Gasteiger partial charge in [-0.05, 0) is 118 Å². The van der Waals surface area contributed by atoms with Gasteiger partial charge in [-0.25, -0.2) is 4.79 Å². The van der Waals surface area contributed by atoms with Crippen LogP contribution in [-0.4, -0.2) is 89.9 Å². The number of hydrogen-bond acceptors (Lipinski definition) is 12. The molecule has 2 aliphatic carbocycles. The van der Waals surface area contributed by atoms with Gasteiger partial charge in [-0.15, -0.1) is 18.3 Å². The fourth-order valence-electron chi connectivity index (χ4n) is 11.1. The number of allylic oxidation sites excluding steroid dienone is 1. The van der Waals surface area contributed by atoms with E-state index in [9.17, 15) is 10.2 Å². The van der Waals surface area contributed by atoms with Crippen molar-refractivity contribution >= 4 is 23.6 Å². The van der Waals surface area contributed by atoms with Gasteiger partial charge < -0.3 is 43.5 Å². The van der Waals surface area contributed by atoms with E-state index >= 15 is 4.79 Å². The molecule has 4 aliphatic rings. The Morgan fingerprint density at radius 1 is 0.849 bits per heavy atom. The summed E-state index contributed by atoms with van der Waals surface area (Å²) in [6.07, 6.45) is 20.3. The highest BCUT2D eigenvalue weighted by molar-refractivity contribution is 7.99. The third-order valence-electron chi connectivity index (χ3n) is 14.6. The van der Waals surface area contributed by atoms with Gasteiger partial charge in [0.15, 0.2) is 11.5 Å². The van der Waals surface area contributed by atoms with Crippen molar-refractivity contribution in [3.63, 3.8) is 0 Å². The number of benzene rings is 3. The van der Waals surface area contributed by atoms with Crippen molar-refractivity contribution < 1.29 is 48.3 Å². The number of carbonyl (C=O) groups is 1. The number of nitrogens with zero attached hydrogens (tertiary/aromatic N) is 2. The smallest absolute Gasteiger partial charge is 0.410 e. The van der Waals surface area contributed by atoms with Crippen LogP contribution >= 0.6 is 11.8 Å². The lowest BCUT2D eigenvalue weighted by atomic mass is 9.55. The summed E-state index contributed by atoms with van der Waals surface area (Å²) in [6, 6.07) is 21.5. The molecule has 2 N–H and O–H groups in total. The molecular formula is C60H84N2O10S. The Balaban J connectivity index is 1.31. The number of rotatable bonds is 31. The van der Waals surface area contributed by atoms with Crippen LogP contribution in [0.1, 0.15) is 154 Å². The normalized spacial score (nSPS) is 22.2. The van der Waals surface area contributed by atoms with Gasteiger partial charge in [-0.1, -0.05) is 119 Å². The molecule has 6 atom stereocenters. The summed E-state index contributed by atoms with van der Waals surface area (Å²) in [6.45, 7) is 13.8. The highest BCUT2D eigenvalue weighted by Gasteiger charge is 2.66. The number of amides is 1. The number of aliphatic hydroxyl groups excluding tert-OH is 2. The standard InChI is InChI=1S/C60H84N2O10S/c1-6-8-9-10-11-12-13-14-15-23-35-67-58(65)62(42-44-28-30-53-54(38-44)69-43-68-53)55-41-51(61-72-59(3,4)5)49-39-45(24-19-21-32-63)48(27-20-22-33-64)56-50-40-46(66-36-37-73-47-25-17-16-18-26-47)29-31-52(50)71-60(55,57(49)56)70-34-7-2/h7,16-18,25-26,28-31,38-40,45,48,55-57,63-64H,2,6,8-15,19-24,27,32-37,41-43H2,1,3-5H3/t45-,48+,55-,56+,57+,60+/m0/s1. The first-order chi connectivity index (χ1) is 35.6. The molecule has 13 heteroatoms. The molecule has 7 rings (SSSR count). The SMILES string of the molecule is C=CCO[C@@]12Oc3ccc(OCCSc4ccccc4)cc3[C@H]3[C@H](CCCCO)[C@@H](CCCCO)C=C(C(=NOC(C)(C)C)C[C@@H]1N(Cc1ccc4c(c1)OCO4)C(=O)OCCCCCCCCCCCC)[C@H]32. The second-order valence-corrected chi connectivity index (χ2v) is 22.3. The van der Waals surface area contributed by atoms with E-state index in [2.05, 4.69) is 37.8 Å². The molecule has 400 valence electrons. The van der Waals surface area contributed by atoms with E-state index in [0.29, 0.717) is 36.7 Å². The monoisotopic (exact) mass is 1020 g/mol. The topological polar surface area (TPSA) is 138 Å². The molecule has 0 bridgehead atoms. The summed E-state index contributed by atoms with van der Waals surface area (Å²) in [4.78, 5) is 24.6. The van der Waals surface area contributed by atoms with Gasteiger partial charge in [0, 0.05) is 48.3 Å². The van der Waals surface area contributed by atoms with E-state index in [1.165, 1.54) is 49.8 Å². The summed E-state index contributed by atoms with van der Waals surface area (Å²) in [5, 5.41) is 25.2. The van der Waals surface area contributed by atoms with Crippen molar-refractivity contribution in [2.24, 2.45) is 22.9 Å². The number of oxime groups is 1. The summed E-state index contributed by atoms with van der Waals surface area (Å²) in [7, 11) is 0. The summed E-state index contributed by atoms with van der Waals surface area (Å²) < 4.78 is 39.2. The fourth-order valence-corrected chi connectivity index (χ4v) is 11.9. The van der Waals surface area contributed by atoms with Gasteiger partial charge in [0.1, 0.15) is 23.1 Å². The Bertz CT molecular complexity index is 2250. The van der Waals surface area contributed by atoms with Crippen LogP contribution in [0.15, 0.2) is 101 Å².